The van der Waals surface area contributed by atoms with Gasteiger partial charge in [0, 0.05) is 10.6 Å². The van der Waals surface area contributed by atoms with Gasteiger partial charge in [0.1, 0.15) is 12.4 Å². The van der Waals surface area contributed by atoms with Gasteiger partial charge in [-0.25, -0.2) is 9.18 Å². The molecule has 2 aromatic carbocycles. The third-order valence-corrected chi connectivity index (χ3v) is 3.95. The lowest BCUT2D eigenvalue weighted by molar-refractivity contribution is -0.122. The summed E-state index contributed by atoms with van der Waals surface area (Å²) in [6, 6.07) is 12.2. The van der Waals surface area contributed by atoms with Gasteiger partial charge in [-0.15, -0.1) is 5.10 Å². The number of halogens is 2. The molecule has 134 valence electrons. The lowest BCUT2D eigenvalue weighted by Gasteiger charge is -2.14. The summed E-state index contributed by atoms with van der Waals surface area (Å²) in [5, 5.41) is 7.31. The van der Waals surface area contributed by atoms with E-state index in [0.717, 1.165) is 10.2 Å². The topological polar surface area (TPSA) is 77.1 Å². The van der Waals surface area contributed by atoms with Gasteiger partial charge in [-0.05, 0) is 48.9 Å². The molecule has 3 aromatic rings. The summed E-state index contributed by atoms with van der Waals surface area (Å²) in [6.45, 7) is 1.51. The molecule has 1 amide bonds. The summed E-state index contributed by atoms with van der Waals surface area (Å²) in [7, 11) is 0. The third-order valence-electron chi connectivity index (χ3n) is 3.72. The van der Waals surface area contributed by atoms with E-state index in [1.807, 2.05) is 6.07 Å². The van der Waals surface area contributed by atoms with E-state index in [1.54, 1.807) is 25.1 Å². The molecule has 0 saturated carbocycles. The molecule has 0 aliphatic rings. The molecule has 8 heteroatoms. The molecule has 0 fully saturated rings. The number of carbonyl (C=O) groups excluding carboxylic acids is 1. The fourth-order valence-electron chi connectivity index (χ4n) is 2.40. The minimum absolute atomic E-state index is 0.0192. The van der Waals surface area contributed by atoms with Crippen molar-refractivity contribution in [2.45, 2.75) is 19.5 Å². The van der Waals surface area contributed by atoms with Crippen LogP contribution in [-0.2, 0) is 11.3 Å². The first-order chi connectivity index (χ1) is 12.4. The van der Waals surface area contributed by atoms with E-state index in [2.05, 4.69) is 10.4 Å². The molecule has 1 N–H and O–H groups in total. The predicted octanol–water partition coefficient (Wildman–Crippen LogP) is 3.17. The maximum Gasteiger partial charge on any atom is 0.437 e. The zero-order valence-electron chi connectivity index (χ0n) is 13.8. The van der Waals surface area contributed by atoms with E-state index >= 15 is 0 Å². The fraction of sp³-hybridized carbons (Fsp3) is 0.167. The maximum absolute atomic E-state index is 13.0. The molecule has 0 radical (unpaired) electrons. The minimum Gasteiger partial charge on any atom is -0.388 e. The van der Waals surface area contributed by atoms with Gasteiger partial charge in [0.25, 0.3) is 0 Å². The van der Waals surface area contributed by atoms with E-state index in [0.29, 0.717) is 10.6 Å². The predicted molar refractivity (Wildman–Crippen MR) is 94.2 cm³/mol. The van der Waals surface area contributed by atoms with Crippen LogP contribution in [0.1, 0.15) is 18.5 Å². The van der Waals surface area contributed by atoms with Crippen LogP contribution < -0.4 is 11.1 Å². The molecule has 0 saturated heterocycles. The Hall–Kier alpha value is -2.93. The van der Waals surface area contributed by atoms with Crippen LogP contribution in [0.5, 0.6) is 0 Å². The maximum atomic E-state index is 13.0. The Balaban J connectivity index is 1.69. The zero-order chi connectivity index (χ0) is 18.7. The van der Waals surface area contributed by atoms with E-state index < -0.39 is 17.5 Å². The number of amides is 1. The second kappa shape index (κ2) is 7.53. The Labute approximate surface area is 153 Å². The summed E-state index contributed by atoms with van der Waals surface area (Å²) >= 11 is 5.94. The van der Waals surface area contributed by atoms with Gasteiger partial charge in [-0.3, -0.25) is 4.79 Å². The monoisotopic (exact) mass is 375 g/mol. The molecule has 0 aliphatic carbocycles. The van der Waals surface area contributed by atoms with Crippen LogP contribution in [0.4, 0.5) is 4.39 Å². The third kappa shape index (κ3) is 4.18. The van der Waals surface area contributed by atoms with Gasteiger partial charge < -0.3 is 9.73 Å². The van der Waals surface area contributed by atoms with Crippen LogP contribution in [0.15, 0.2) is 57.7 Å². The molecule has 0 bridgehead atoms. The number of hydrogen-bond donors (Lipinski definition) is 1. The molecule has 0 unspecified atom stereocenters. The molecule has 0 spiro atoms. The largest absolute Gasteiger partial charge is 0.437 e. The molecule has 6 nitrogen and oxygen atoms in total. The molecule has 1 atom stereocenters. The quantitative estimate of drug-likeness (QED) is 0.743. The Kier molecular flexibility index (Phi) is 5.18. The first-order valence-corrected chi connectivity index (χ1v) is 8.19. The summed E-state index contributed by atoms with van der Waals surface area (Å²) in [4.78, 5) is 24.1. The number of nitrogens with one attached hydrogen (secondary N) is 1. The van der Waals surface area contributed by atoms with Crippen molar-refractivity contribution in [3.63, 3.8) is 0 Å². The van der Waals surface area contributed by atoms with Crippen LogP contribution >= 0.6 is 11.6 Å². The van der Waals surface area contributed by atoms with Gasteiger partial charge in [0.2, 0.25) is 11.8 Å². The average molecular weight is 376 g/mol. The van der Waals surface area contributed by atoms with E-state index in [-0.39, 0.29) is 18.5 Å². The number of carbonyl (C=O) groups is 1. The molecule has 3 rings (SSSR count). The van der Waals surface area contributed by atoms with Crippen molar-refractivity contribution in [3.05, 3.63) is 75.5 Å². The summed E-state index contributed by atoms with van der Waals surface area (Å²) in [5.41, 5.74) is 1.28. The number of hydrogen-bond acceptors (Lipinski definition) is 4. The number of aromatic nitrogens is 2. The van der Waals surface area contributed by atoms with E-state index in [4.69, 9.17) is 16.0 Å². The minimum atomic E-state index is -0.769. The fourth-order valence-corrected chi connectivity index (χ4v) is 2.60. The molecular weight excluding hydrogens is 361 g/mol. The van der Waals surface area contributed by atoms with Crippen LogP contribution in [-0.4, -0.2) is 15.7 Å². The Bertz CT molecular complexity index is 982. The number of nitrogens with zero attached hydrogens (tertiary/aromatic N) is 2. The van der Waals surface area contributed by atoms with Crippen LogP contribution in [0.3, 0.4) is 0 Å². The van der Waals surface area contributed by atoms with Crippen molar-refractivity contribution < 1.29 is 13.6 Å². The van der Waals surface area contributed by atoms with Gasteiger partial charge in [-0.2, -0.15) is 4.68 Å². The van der Waals surface area contributed by atoms with Gasteiger partial charge in [0.15, 0.2) is 0 Å². The van der Waals surface area contributed by atoms with Gasteiger partial charge in [-0.1, -0.05) is 23.7 Å². The molecule has 0 aliphatic heterocycles. The Morgan fingerprint density at radius 1 is 1.31 bits per heavy atom. The lowest BCUT2D eigenvalue weighted by Crippen LogP contribution is -2.33. The highest BCUT2D eigenvalue weighted by Gasteiger charge is 2.15. The highest BCUT2D eigenvalue weighted by molar-refractivity contribution is 6.30. The van der Waals surface area contributed by atoms with Gasteiger partial charge >= 0.3 is 5.76 Å². The Morgan fingerprint density at radius 3 is 2.73 bits per heavy atom. The highest BCUT2D eigenvalue weighted by Crippen LogP contribution is 2.18. The van der Waals surface area contributed by atoms with Crippen molar-refractivity contribution in [3.8, 4) is 11.5 Å². The van der Waals surface area contributed by atoms with Crippen LogP contribution in [0, 0.1) is 5.82 Å². The van der Waals surface area contributed by atoms with Crippen molar-refractivity contribution >= 4 is 17.5 Å². The zero-order valence-corrected chi connectivity index (χ0v) is 14.5. The average Bonchev–Trinajstić information content (AvgIpc) is 2.96. The van der Waals surface area contributed by atoms with Crippen molar-refractivity contribution in [2.75, 3.05) is 0 Å². The molecular formula is C18H15ClFN3O3. The van der Waals surface area contributed by atoms with Crippen molar-refractivity contribution in [1.29, 1.82) is 0 Å². The van der Waals surface area contributed by atoms with Crippen molar-refractivity contribution in [1.82, 2.24) is 15.1 Å². The smallest absolute Gasteiger partial charge is 0.388 e. The normalized spacial score (nSPS) is 12.0. The Morgan fingerprint density at radius 2 is 2.04 bits per heavy atom. The molecule has 1 aromatic heterocycles. The summed E-state index contributed by atoms with van der Waals surface area (Å²) in [5.74, 6) is -1.57. The standard InChI is InChI=1S/C18H15ClFN3O3/c1-11(13-3-2-4-14(19)9-13)21-16(24)10-23-18(25)26-17(22-23)12-5-7-15(20)8-6-12/h2-9,11H,10H2,1H3,(H,21,24)/t11-/m1/s1. The van der Waals surface area contributed by atoms with Crippen LogP contribution in [0.2, 0.25) is 5.02 Å². The highest BCUT2D eigenvalue weighted by atomic mass is 35.5. The van der Waals surface area contributed by atoms with Crippen molar-refractivity contribution in [2.24, 2.45) is 0 Å². The first-order valence-electron chi connectivity index (χ1n) is 7.81. The molecule has 26 heavy (non-hydrogen) atoms. The second-order valence-corrected chi connectivity index (χ2v) is 6.12. The molecule has 1 heterocycles. The second-order valence-electron chi connectivity index (χ2n) is 5.68. The summed E-state index contributed by atoms with van der Waals surface area (Å²) in [6.07, 6.45) is 0. The van der Waals surface area contributed by atoms with E-state index in [1.165, 1.54) is 24.3 Å². The van der Waals surface area contributed by atoms with E-state index in [9.17, 15) is 14.0 Å². The number of benzene rings is 2. The van der Waals surface area contributed by atoms with Gasteiger partial charge in [0.05, 0.1) is 6.04 Å². The number of rotatable bonds is 5. The summed E-state index contributed by atoms with van der Waals surface area (Å²) < 4.78 is 18.9. The first kappa shape index (κ1) is 17.9. The SMILES string of the molecule is C[C@@H](NC(=O)Cn1nc(-c2ccc(F)cc2)oc1=O)c1cccc(Cl)c1. The van der Waals surface area contributed by atoms with Crippen LogP contribution in [0.25, 0.3) is 11.5 Å². The lowest BCUT2D eigenvalue weighted by atomic mass is 10.1.